The van der Waals surface area contributed by atoms with Crippen molar-refractivity contribution in [3.63, 3.8) is 0 Å². The molecule has 1 fully saturated rings. The molecule has 1 aromatic heterocycles. The molecule has 1 saturated heterocycles. The van der Waals surface area contributed by atoms with E-state index in [0.29, 0.717) is 6.04 Å². The number of hydrogen-bond donors (Lipinski definition) is 1. The van der Waals surface area contributed by atoms with E-state index in [0.717, 1.165) is 36.4 Å². The van der Waals surface area contributed by atoms with E-state index in [1.165, 1.54) is 31.4 Å². The quantitative estimate of drug-likeness (QED) is 0.917. The lowest BCUT2D eigenvalue weighted by atomic mass is 10.00. The van der Waals surface area contributed by atoms with Crippen molar-refractivity contribution < 1.29 is 4.74 Å². The van der Waals surface area contributed by atoms with Crippen molar-refractivity contribution in [2.45, 2.75) is 45.2 Å². The van der Waals surface area contributed by atoms with Crippen LogP contribution in [0.1, 0.15) is 37.1 Å². The first kappa shape index (κ1) is 14.5. The van der Waals surface area contributed by atoms with E-state index in [9.17, 15) is 0 Å². The zero-order valence-electron chi connectivity index (χ0n) is 13.1. The first-order valence-electron chi connectivity index (χ1n) is 7.94. The number of aromatic amines is 1. The van der Waals surface area contributed by atoms with Crippen molar-refractivity contribution in [3.05, 3.63) is 29.6 Å². The Hall–Kier alpha value is -1.39. The number of ether oxygens (including phenoxy) is 1. The molecule has 0 amide bonds. The van der Waals surface area contributed by atoms with Gasteiger partial charge in [0.15, 0.2) is 0 Å². The fourth-order valence-electron chi connectivity index (χ4n) is 3.29. The smallest absolute Gasteiger partial charge is 0.121 e. The molecule has 21 heavy (non-hydrogen) atoms. The van der Waals surface area contributed by atoms with Crippen molar-refractivity contribution >= 4 is 11.0 Å². The molecule has 1 aromatic carbocycles. The predicted octanol–water partition coefficient (Wildman–Crippen LogP) is 3.26. The third-order valence-corrected chi connectivity index (χ3v) is 4.44. The minimum atomic E-state index is 0.633. The summed E-state index contributed by atoms with van der Waals surface area (Å²) < 4.78 is 5.25. The Morgan fingerprint density at radius 1 is 1.38 bits per heavy atom. The van der Waals surface area contributed by atoms with Crippen LogP contribution in [0.3, 0.4) is 0 Å². The summed E-state index contributed by atoms with van der Waals surface area (Å²) in [6, 6.07) is 7.02. The number of benzene rings is 1. The monoisotopic (exact) mass is 287 g/mol. The SMILES string of the molecule is COCC[C@H]1CCCCN1Cc1nc2ccc(C)cc2[nH]1. The first-order chi connectivity index (χ1) is 10.3. The summed E-state index contributed by atoms with van der Waals surface area (Å²) in [5.74, 6) is 1.08. The highest BCUT2D eigenvalue weighted by atomic mass is 16.5. The Morgan fingerprint density at radius 2 is 2.29 bits per heavy atom. The highest BCUT2D eigenvalue weighted by Gasteiger charge is 2.23. The van der Waals surface area contributed by atoms with E-state index in [4.69, 9.17) is 9.72 Å². The molecule has 0 bridgehead atoms. The largest absolute Gasteiger partial charge is 0.385 e. The van der Waals surface area contributed by atoms with Crippen LogP contribution in [0, 0.1) is 6.92 Å². The van der Waals surface area contributed by atoms with Gasteiger partial charge >= 0.3 is 0 Å². The molecule has 3 rings (SSSR count). The zero-order chi connectivity index (χ0) is 14.7. The van der Waals surface area contributed by atoms with Gasteiger partial charge in [-0.2, -0.15) is 0 Å². The van der Waals surface area contributed by atoms with Crippen molar-refractivity contribution in [1.82, 2.24) is 14.9 Å². The van der Waals surface area contributed by atoms with Crippen molar-refractivity contribution in [2.75, 3.05) is 20.3 Å². The second kappa shape index (κ2) is 6.58. The van der Waals surface area contributed by atoms with Gasteiger partial charge in [0.2, 0.25) is 0 Å². The molecule has 0 aliphatic carbocycles. The number of piperidine rings is 1. The number of rotatable bonds is 5. The summed E-state index contributed by atoms with van der Waals surface area (Å²) in [5.41, 5.74) is 3.49. The van der Waals surface area contributed by atoms with Crippen molar-refractivity contribution in [1.29, 1.82) is 0 Å². The van der Waals surface area contributed by atoms with Crippen LogP contribution in [0.4, 0.5) is 0 Å². The third kappa shape index (κ3) is 3.44. The lowest BCUT2D eigenvalue weighted by Crippen LogP contribution is -2.39. The number of aromatic nitrogens is 2. The Labute approximate surface area is 126 Å². The van der Waals surface area contributed by atoms with Crippen molar-refractivity contribution in [2.24, 2.45) is 0 Å². The molecular formula is C17H25N3O. The van der Waals surface area contributed by atoms with Gasteiger partial charge in [0.05, 0.1) is 17.6 Å². The standard InChI is InChI=1S/C17H25N3O/c1-13-6-7-15-16(11-13)19-17(18-15)12-20-9-4-3-5-14(20)8-10-21-2/h6-7,11,14H,3-5,8-10,12H2,1-2H3,(H,18,19)/t14-/m1/s1. The van der Waals surface area contributed by atoms with Crippen LogP contribution in [0.5, 0.6) is 0 Å². The number of nitrogens with one attached hydrogen (secondary N) is 1. The minimum Gasteiger partial charge on any atom is -0.385 e. The average molecular weight is 287 g/mol. The van der Waals surface area contributed by atoms with Crippen LogP contribution in [0.15, 0.2) is 18.2 Å². The van der Waals surface area contributed by atoms with Crippen LogP contribution in [0.2, 0.25) is 0 Å². The van der Waals surface area contributed by atoms with Crippen molar-refractivity contribution in [3.8, 4) is 0 Å². The second-order valence-corrected chi connectivity index (χ2v) is 6.11. The van der Waals surface area contributed by atoms with Gasteiger partial charge in [0.25, 0.3) is 0 Å². The van der Waals surface area contributed by atoms with E-state index < -0.39 is 0 Å². The molecule has 0 radical (unpaired) electrons. The van der Waals surface area contributed by atoms with E-state index in [1.807, 2.05) is 0 Å². The van der Waals surface area contributed by atoms with Gasteiger partial charge in [-0.15, -0.1) is 0 Å². The number of likely N-dealkylation sites (tertiary alicyclic amines) is 1. The summed E-state index contributed by atoms with van der Waals surface area (Å²) in [7, 11) is 1.79. The fourth-order valence-corrected chi connectivity index (χ4v) is 3.29. The topological polar surface area (TPSA) is 41.1 Å². The maximum absolute atomic E-state index is 5.25. The van der Waals surface area contributed by atoms with E-state index in [2.05, 4.69) is 35.0 Å². The van der Waals surface area contributed by atoms with Gasteiger partial charge in [-0.1, -0.05) is 12.5 Å². The zero-order valence-corrected chi connectivity index (χ0v) is 13.1. The molecule has 0 spiro atoms. The fraction of sp³-hybridized carbons (Fsp3) is 0.588. The number of nitrogens with zero attached hydrogens (tertiary/aromatic N) is 2. The Bertz CT molecular complexity index is 593. The Morgan fingerprint density at radius 3 is 3.14 bits per heavy atom. The number of hydrogen-bond acceptors (Lipinski definition) is 3. The Kier molecular flexibility index (Phi) is 4.56. The molecule has 0 saturated carbocycles. The first-order valence-corrected chi connectivity index (χ1v) is 7.94. The molecule has 1 atom stereocenters. The third-order valence-electron chi connectivity index (χ3n) is 4.44. The molecule has 1 N–H and O–H groups in total. The van der Waals surface area contributed by atoms with E-state index >= 15 is 0 Å². The Balaban J connectivity index is 1.72. The highest BCUT2D eigenvalue weighted by Crippen LogP contribution is 2.22. The number of aryl methyl sites for hydroxylation is 1. The second-order valence-electron chi connectivity index (χ2n) is 6.11. The lowest BCUT2D eigenvalue weighted by molar-refractivity contribution is 0.0956. The molecule has 2 heterocycles. The van der Waals surface area contributed by atoms with E-state index in [1.54, 1.807) is 7.11 Å². The normalized spacial score (nSPS) is 20.2. The summed E-state index contributed by atoms with van der Waals surface area (Å²) in [6.07, 6.45) is 5.03. The molecule has 4 nitrogen and oxygen atoms in total. The van der Waals surface area contributed by atoms with Crippen LogP contribution in [-0.2, 0) is 11.3 Å². The summed E-state index contributed by atoms with van der Waals surface area (Å²) in [6.45, 7) is 5.05. The predicted molar refractivity (Wildman–Crippen MR) is 85.4 cm³/mol. The molecule has 2 aromatic rings. The summed E-state index contributed by atoms with van der Waals surface area (Å²) in [4.78, 5) is 10.8. The molecule has 114 valence electrons. The highest BCUT2D eigenvalue weighted by molar-refractivity contribution is 5.75. The van der Waals surface area contributed by atoms with Crippen LogP contribution in [-0.4, -0.2) is 41.2 Å². The van der Waals surface area contributed by atoms with E-state index in [-0.39, 0.29) is 0 Å². The van der Waals surface area contributed by atoms with Gasteiger partial charge in [-0.3, -0.25) is 4.90 Å². The van der Waals surface area contributed by atoms with Crippen LogP contribution in [0.25, 0.3) is 11.0 Å². The summed E-state index contributed by atoms with van der Waals surface area (Å²) in [5, 5.41) is 0. The molecule has 0 unspecified atom stereocenters. The maximum atomic E-state index is 5.25. The molecule has 4 heteroatoms. The number of imidazole rings is 1. The van der Waals surface area contributed by atoms with Crippen LogP contribution >= 0.6 is 0 Å². The van der Waals surface area contributed by atoms with Gasteiger partial charge in [-0.05, 0) is 50.4 Å². The van der Waals surface area contributed by atoms with Crippen LogP contribution < -0.4 is 0 Å². The molecule has 1 aliphatic rings. The van der Waals surface area contributed by atoms with Gasteiger partial charge in [0, 0.05) is 19.8 Å². The number of methoxy groups -OCH3 is 1. The number of H-pyrrole nitrogens is 1. The molecule has 1 aliphatic heterocycles. The minimum absolute atomic E-state index is 0.633. The lowest BCUT2D eigenvalue weighted by Gasteiger charge is -2.35. The maximum Gasteiger partial charge on any atom is 0.121 e. The number of fused-ring (bicyclic) bond motifs is 1. The molecular weight excluding hydrogens is 262 g/mol. The van der Waals surface area contributed by atoms with Gasteiger partial charge < -0.3 is 9.72 Å². The average Bonchev–Trinajstić information content (AvgIpc) is 2.87. The van der Waals surface area contributed by atoms with Gasteiger partial charge in [0.1, 0.15) is 5.82 Å². The van der Waals surface area contributed by atoms with Gasteiger partial charge in [-0.25, -0.2) is 4.98 Å². The summed E-state index contributed by atoms with van der Waals surface area (Å²) >= 11 is 0.